The van der Waals surface area contributed by atoms with E-state index in [1.165, 1.54) is 11.8 Å². The van der Waals surface area contributed by atoms with Crippen molar-refractivity contribution in [3.63, 3.8) is 0 Å². The molecule has 0 heterocycles. The number of nitrogens with one attached hydrogen (secondary N) is 1. The maximum absolute atomic E-state index is 13.0. The van der Waals surface area contributed by atoms with Crippen LogP contribution in [0.15, 0.2) is 57.9 Å². The average molecular weight is 498 g/mol. The predicted octanol–water partition coefficient (Wildman–Crippen LogP) is 5.53. The van der Waals surface area contributed by atoms with Crippen LogP contribution in [0.5, 0.6) is 0 Å². The molecule has 0 aromatic heterocycles. The smallest absolute Gasteiger partial charge is 0.242 e. The maximum atomic E-state index is 13.0. The number of benzene rings is 2. The molecule has 0 saturated heterocycles. The molecule has 0 fully saturated rings. The zero-order valence-electron chi connectivity index (χ0n) is 16.8. The molecule has 156 valence electrons. The number of hydrogen-bond acceptors (Lipinski definition) is 3. The van der Waals surface area contributed by atoms with Gasteiger partial charge in [0.15, 0.2) is 0 Å². The molecule has 0 spiro atoms. The minimum absolute atomic E-state index is 0.0676. The van der Waals surface area contributed by atoms with E-state index in [2.05, 4.69) is 21.2 Å². The van der Waals surface area contributed by atoms with Crippen molar-refractivity contribution in [3.05, 3.63) is 63.6 Å². The van der Waals surface area contributed by atoms with Gasteiger partial charge >= 0.3 is 0 Å². The molecule has 1 N–H and O–H groups in total. The third-order valence-corrected chi connectivity index (χ3v) is 6.39. The Labute approximate surface area is 190 Å². The molecular weight excluding hydrogens is 472 g/mol. The van der Waals surface area contributed by atoms with Crippen LogP contribution in [0.1, 0.15) is 32.8 Å². The summed E-state index contributed by atoms with van der Waals surface area (Å²) in [6.07, 6.45) is 0.839. The van der Waals surface area contributed by atoms with Gasteiger partial charge < -0.3 is 10.2 Å². The summed E-state index contributed by atoms with van der Waals surface area (Å²) >= 11 is 10.8. The Bertz CT molecular complexity index is 815. The predicted molar refractivity (Wildman–Crippen MR) is 124 cm³/mol. The molecule has 0 radical (unpaired) electrons. The van der Waals surface area contributed by atoms with E-state index in [0.29, 0.717) is 11.6 Å². The average Bonchev–Trinajstić information content (AvgIpc) is 2.72. The normalized spacial score (nSPS) is 12.9. The molecule has 0 bridgehead atoms. The molecule has 2 atom stereocenters. The highest BCUT2D eigenvalue weighted by Gasteiger charge is 2.26. The first-order valence-corrected chi connectivity index (χ1v) is 11.7. The van der Waals surface area contributed by atoms with Crippen molar-refractivity contribution >= 4 is 51.1 Å². The van der Waals surface area contributed by atoms with Gasteiger partial charge in [-0.2, -0.15) is 0 Å². The van der Waals surface area contributed by atoms with Crippen molar-refractivity contribution in [1.29, 1.82) is 0 Å². The first-order valence-electron chi connectivity index (χ1n) is 9.52. The van der Waals surface area contributed by atoms with Gasteiger partial charge in [0, 0.05) is 27.0 Å². The molecule has 2 amide bonds. The van der Waals surface area contributed by atoms with E-state index in [9.17, 15) is 9.59 Å². The Morgan fingerprint density at radius 3 is 2.31 bits per heavy atom. The van der Waals surface area contributed by atoms with Crippen molar-refractivity contribution in [2.24, 2.45) is 0 Å². The zero-order valence-corrected chi connectivity index (χ0v) is 20.0. The standard InChI is InChI=1S/C22H26BrClN2O2S/c1-4-15(2)25-22(28)16(3)26(13-17-5-7-18(23)8-6-17)21(27)14-29-20-11-9-19(24)10-12-20/h5-12,15-16H,4,13-14H2,1-3H3,(H,25,28). The number of carbonyl (C=O) groups is 2. The van der Waals surface area contributed by atoms with Gasteiger partial charge in [0.1, 0.15) is 6.04 Å². The van der Waals surface area contributed by atoms with Crippen LogP contribution in [-0.2, 0) is 16.1 Å². The highest BCUT2D eigenvalue weighted by Crippen LogP contribution is 2.22. The third kappa shape index (κ3) is 7.68. The van der Waals surface area contributed by atoms with Crippen LogP contribution in [0.3, 0.4) is 0 Å². The van der Waals surface area contributed by atoms with E-state index in [1.54, 1.807) is 24.0 Å². The van der Waals surface area contributed by atoms with Gasteiger partial charge in [0.2, 0.25) is 11.8 Å². The number of rotatable bonds is 9. The molecule has 7 heteroatoms. The SMILES string of the molecule is CCC(C)NC(=O)C(C)N(Cc1ccc(Br)cc1)C(=O)CSc1ccc(Cl)cc1. The monoisotopic (exact) mass is 496 g/mol. The lowest BCUT2D eigenvalue weighted by Gasteiger charge is -2.29. The van der Waals surface area contributed by atoms with E-state index < -0.39 is 6.04 Å². The summed E-state index contributed by atoms with van der Waals surface area (Å²) in [6, 6.07) is 14.7. The number of carbonyl (C=O) groups excluding carboxylic acids is 2. The maximum Gasteiger partial charge on any atom is 0.242 e. The van der Waals surface area contributed by atoms with Gasteiger partial charge in [0.25, 0.3) is 0 Å². The highest BCUT2D eigenvalue weighted by molar-refractivity contribution is 9.10. The molecule has 0 aliphatic heterocycles. The molecule has 0 aliphatic rings. The molecule has 2 aromatic rings. The third-order valence-electron chi connectivity index (χ3n) is 4.61. The van der Waals surface area contributed by atoms with E-state index in [1.807, 2.05) is 50.2 Å². The lowest BCUT2D eigenvalue weighted by atomic mass is 10.1. The van der Waals surface area contributed by atoms with Crippen LogP contribution in [0, 0.1) is 0 Å². The topological polar surface area (TPSA) is 49.4 Å². The Morgan fingerprint density at radius 2 is 1.72 bits per heavy atom. The quantitative estimate of drug-likeness (QED) is 0.464. The largest absolute Gasteiger partial charge is 0.352 e. The number of nitrogens with zero attached hydrogens (tertiary/aromatic N) is 1. The fourth-order valence-corrected chi connectivity index (χ4v) is 3.77. The van der Waals surface area contributed by atoms with Gasteiger partial charge in [-0.25, -0.2) is 0 Å². The van der Waals surface area contributed by atoms with Gasteiger partial charge in [-0.05, 0) is 62.2 Å². The number of thioether (sulfide) groups is 1. The van der Waals surface area contributed by atoms with Crippen molar-refractivity contribution in [2.75, 3.05) is 5.75 Å². The van der Waals surface area contributed by atoms with Crippen LogP contribution in [0.2, 0.25) is 5.02 Å². The van der Waals surface area contributed by atoms with Gasteiger partial charge in [-0.3, -0.25) is 9.59 Å². The summed E-state index contributed by atoms with van der Waals surface area (Å²) in [5.74, 6) is 0.0278. The molecule has 2 unspecified atom stereocenters. The highest BCUT2D eigenvalue weighted by atomic mass is 79.9. The first-order chi connectivity index (χ1) is 13.8. The summed E-state index contributed by atoms with van der Waals surface area (Å²) in [5.41, 5.74) is 0.973. The number of halogens is 2. The van der Waals surface area contributed by atoms with Crippen LogP contribution in [-0.4, -0.2) is 34.6 Å². The van der Waals surface area contributed by atoms with E-state index in [-0.39, 0.29) is 23.6 Å². The van der Waals surface area contributed by atoms with Crippen molar-refractivity contribution in [1.82, 2.24) is 10.2 Å². The fourth-order valence-electron chi connectivity index (χ4n) is 2.59. The fraction of sp³-hybridized carbons (Fsp3) is 0.364. The Hall–Kier alpha value is -1.50. The van der Waals surface area contributed by atoms with E-state index in [4.69, 9.17) is 11.6 Å². The van der Waals surface area contributed by atoms with Crippen LogP contribution in [0.25, 0.3) is 0 Å². The zero-order chi connectivity index (χ0) is 21.4. The second-order valence-electron chi connectivity index (χ2n) is 6.88. The van der Waals surface area contributed by atoms with Crippen LogP contribution in [0.4, 0.5) is 0 Å². The van der Waals surface area contributed by atoms with Crippen LogP contribution >= 0.6 is 39.3 Å². The van der Waals surface area contributed by atoms with Crippen LogP contribution < -0.4 is 5.32 Å². The van der Waals surface area contributed by atoms with Crippen molar-refractivity contribution in [2.45, 2.75) is 50.7 Å². The van der Waals surface area contributed by atoms with Crippen molar-refractivity contribution in [3.8, 4) is 0 Å². The summed E-state index contributed by atoms with van der Waals surface area (Å²) in [7, 11) is 0. The summed E-state index contributed by atoms with van der Waals surface area (Å²) in [5, 5.41) is 3.64. The van der Waals surface area contributed by atoms with Gasteiger partial charge in [-0.1, -0.05) is 46.6 Å². The first kappa shape index (κ1) is 23.8. The second kappa shape index (κ2) is 11.6. The minimum atomic E-state index is -0.564. The van der Waals surface area contributed by atoms with Crippen molar-refractivity contribution < 1.29 is 9.59 Å². The van der Waals surface area contributed by atoms with E-state index in [0.717, 1.165) is 21.4 Å². The molecule has 0 aliphatic carbocycles. The lowest BCUT2D eigenvalue weighted by Crippen LogP contribution is -2.50. The number of amides is 2. The molecule has 2 aromatic carbocycles. The second-order valence-corrected chi connectivity index (χ2v) is 9.29. The van der Waals surface area contributed by atoms with E-state index >= 15 is 0 Å². The van der Waals surface area contributed by atoms with Gasteiger partial charge in [-0.15, -0.1) is 11.8 Å². The lowest BCUT2D eigenvalue weighted by molar-refractivity contribution is -0.138. The Morgan fingerprint density at radius 1 is 1.10 bits per heavy atom. The van der Waals surface area contributed by atoms with Gasteiger partial charge in [0.05, 0.1) is 5.75 Å². The molecule has 4 nitrogen and oxygen atoms in total. The summed E-state index contributed by atoms with van der Waals surface area (Å²) in [6.45, 7) is 6.13. The summed E-state index contributed by atoms with van der Waals surface area (Å²) in [4.78, 5) is 28.3. The summed E-state index contributed by atoms with van der Waals surface area (Å²) < 4.78 is 0.972. The molecule has 0 saturated carbocycles. The molecule has 29 heavy (non-hydrogen) atoms. The Balaban J connectivity index is 2.13. The molecule has 2 rings (SSSR count). The minimum Gasteiger partial charge on any atom is -0.352 e. The molecular formula is C22H26BrClN2O2S. The number of hydrogen-bond donors (Lipinski definition) is 1. The Kier molecular flexibility index (Phi) is 9.53.